The van der Waals surface area contributed by atoms with Crippen molar-refractivity contribution < 1.29 is 29.4 Å². The first kappa shape index (κ1) is 11.8. The minimum Gasteiger partial charge on any atom is -0.460 e. The zero-order chi connectivity index (χ0) is 39.3. The molecule has 9 rings (SSSR count). The average Bonchev–Trinajstić information content (AvgIpc) is 3.82. The third-order valence-corrected chi connectivity index (χ3v) is 7.23. The fourth-order valence-electron chi connectivity index (χ4n) is 5.55. The smallest absolute Gasteiger partial charge is 0.178 e. The van der Waals surface area contributed by atoms with Gasteiger partial charge in [0.2, 0.25) is 0 Å². The maximum absolute atomic E-state index is 9.41. The Balaban J connectivity index is 1.63. The summed E-state index contributed by atoms with van der Waals surface area (Å²) in [5, 5.41) is -0.325. The third-order valence-electron chi connectivity index (χ3n) is 7.23. The van der Waals surface area contributed by atoms with Crippen LogP contribution in [0.4, 0.5) is 0 Å². The highest BCUT2D eigenvalue weighted by Crippen LogP contribution is 2.48. The molecule has 0 bridgehead atoms. The number of fused-ring (bicyclic) bond motifs is 8. The summed E-state index contributed by atoms with van der Waals surface area (Å²) in [4.78, 5) is 0. The molecule has 9 aromatic rings. The molecule has 0 atom stereocenters. The van der Waals surface area contributed by atoms with Crippen molar-refractivity contribution in [3.05, 3.63) is 133 Å². The monoisotopic (exact) mass is 525 g/mol. The van der Waals surface area contributed by atoms with Gasteiger partial charge in [-0.15, -0.1) is 0 Å². The van der Waals surface area contributed by atoms with Crippen molar-refractivity contribution in [1.29, 1.82) is 0 Å². The lowest BCUT2D eigenvalue weighted by atomic mass is 9.84. The lowest BCUT2D eigenvalue weighted by Crippen LogP contribution is -1.91. The van der Waals surface area contributed by atoms with Gasteiger partial charge in [0.15, 0.2) is 11.2 Å². The minimum atomic E-state index is -0.749. The Morgan fingerprint density at radius 1 is 0.525 bits per heavy atom. The maximum Gasteiger partial charge on any atom is 0.178 e. The van der Waals surface area contributed by atoms with Crippen LogP contribution in [-0.4, -0.2) is 0 Å². The highest BCUT2D eigenvalue weighted by atomic mass is 16.4. The highest BCUT2D eigenvalue weighted by Gasteiger charge is 2.22. The first-order valence-electron chi connectivity index (χ1n) is 19.9. The van der Waals surface area contributed by atoms with E-state index in [1.807, 2.05) is 6.07 Å². The van der Waals surface area contributed by atoms with Crippen LogP contribution in [0.3, 0.4) is 0 Å². The van der Waals surface area contributed by atoms with Crippen molar-refractivity contribution in [2.24, 2.45) is 0 Å². The quantitative estimate of drug-likeness (QED) is 0.210. The number of hydrogen-bond acceptors (Lipinski definition) is 2. The molecule has 2 heterocycles. The Morgan fingerprint density at radius 3 is 1.98 bits per heavy atom. The number of rotatable bonds is 2. The van der Waals surface area contributed by atoms with E-state index in [9.17, 15) is 8.22 Å². The molecule has 40 heavy (non-hydrogen) atoms. The normalized spacial score (nSPS) is 17.2. The van der Waals surface area contributed by atoms with Crippen LogP contribution in [0.2, 0.25) is 0 Å². The molecule has 186 valence electrons. The number of benzene rings is 7. The number of para-hydroxylation sites is 1. The van der Waals surface area contributed by atoms with Gasteiger partial charge in [0, 0.05) is 16.2 Å². The van der Waals surface area contributed by atoms with E-state index < -0.39 is 107 Å². The number of furan rings is 2. The van der Waals surface area contributed by atoms with Gasteiger partial charge < -0.3 is 8.83 Å². The molecular weight excluding hydrogens is 488 g/mol. The van der Waals surface area contributed by atoms with Gasteiger partial charge in [-0.1, -0.05) is 103 Å². The predicted octanol–water partition coefficient (Wildman–Crippen LogP) is 11.1. The van der Waals surface area contributed by atoms with Crippen molar-refractivity contribution in [3.8, 4) is 22.3 Å². The summed E-state index contributed by atoms with van der Waals surface area (Å²) in [6.45, 7) is 0. The third kappa shape index (κ3) is 2.93. The lowest BCUT2D eigenvalue weighted by molar-refractivity contribution is 0.600. The van der Waals surface area contributed by atoms with Crippen molar-refractivity contribution in [3.63, 3.8) is 0 Å². The van der Waals surface area contributed by atoms with E-state index >= 15 is 0 Å². The van der Waals surface area contributed by atoms with Gasteiger partial charge in [-0.3, -0.25) is 0 Å². The molecule has 2 aromatic heterocycles. The maximum atomic E-state index is 9.41. The summed E-state index contributed by atoms with van der Waals surface area (Å²) in [6, 6.07) is 0.272. The molecule has 7 aromatic carbocycles. The van der Waals surface area contributed by atoms with E-state index in [1.54, 1.807) is 30.3 Å². The van der Waals surface area contributed by atoms with Gasteiger partial charge in [-0.25, -0.2) is 0 Å². The summed E-state index contributed by atoms with van der Waals surface area (Å²) >= 11 is 0. The Hall–Kier alpha value is -5.34. The first-order valence-corrected chi connectivity index (χ1v) is 12.4. The van der Waals surface area contributed by atoms with Crippen molar-refractivity contribution in [2.45, 2.75) is 0 Å². The van der Waals surface area contributed by atoms with E-state index in [2.05, 4.69) is 0 Å². The Morgan fingerprint density at radius 2 is 1.20 bits per heavy atom. The second-order valence-corrected chi connectivity index (χ2v) is 9.31. The molecule has 0 N–H and O–H groups in total. The van der Waals surface area contributed by atoms with Gasteiger partial charge >= 0.3 is 0 Å². The predicted molar refractivity (Wildman–Crippen MR) is 167 cm³/mol. The van der Waals surface area contributed by atoms with Crippen molar-refractivity contribution in [2.75, 3.05) is 0 Å². The van der Waals surface area contributed by atoms with E-state index in [4.69, 9.17) is 21.2 Å². The molecule has 0 amide bonds. The van der Waals surface area contributed by atoms with Crippen LogP contribution in [0.1, 0.15) is 20.6 Å². The molecule has 2 nitrogen and oxygen atoms in total. The summed E-state index contributed by atoms with van der Waals surface area (Å²) < 4.78 is 146. The van der Waals surface area contributed by atoms with Crippen LogP contribution in [0.25, 0.3) is 87.5 Å². The van der Waals surface area contributed by atoms with Crippen LogP contribution < -0.4 is 0 Å². The Bertz CT molecular complexity index is 3190. The fraction of sp³-hybridized carbons (Fsp3) is 0. The van der Waals surface area contributed by atoms with Crippen LogP contribution in [-0.2, 0) is 0 Å². The highest BCUT2D eigenvalue weighted by molar-refractivity contribution is 6.26. The zero-order valence-electron chi connectivity index (χ0n) is 35.4. The molecule has 0 unspecified atom stereocenters. The second kappa shape index (κ2) is 8.08. The molecule has 2 heteroatoms. The summed E-state index contributed by atoms with van der Waals surface area (Å²) in [7, 11) is 0. The fourth-order valence-corrected chi connectivity index (χ4v) is 5.55. The summed E-state index contributed by atoms with van der Waals surface area (Å²) in [5.41, 5.74) is 0.518. The Labute approximate surface area is 250 Å². The van der Waals surface area contributed by atoms with E-state index in [0.717, 1.165) is 0 Å². The molecule has 0 spiro atoms. The average molecular weight is 526 g/mol. The zero-order valence-corrected chi connectivity index (χ0v) is 20.4. The van der Waals surface area contributed by atoms with Gasteiger partial charge in [0.25, 0.3) is 0 Å². The molecule has 0 fully saturated rings. The van der Waals surface area contributed by atoms with E-state index in [-0.39, 0.29) is 43.8 Å². The van der Waals surface area contributed by atoms with Crippen LogP contribution in [0, 0.1) is 0 Å². The lowest BCUT2D eigenvalue weighted by Gasteiger charge is -2.18. The molecule has 0 saturated carbocycles. The summed E-state index contributed by atoms with van der Waals surface area (Å²) in [6.07, 6.45) is 1.40. The summed E-state index contributed by atoms with van der Waals surface area (Å²) in [5.74, 6) is 0. The largest absolute Gasteiger partial charge is 0.460 e. The second-order valence-electron chi connectivity index (χ2n) is 9.31. The van der Waals surface area contributed by atoms with Crippen molar-refractivity contribution in [1.82, 2.24) is 0 Å². The molecule has 0 aliphatic carbocycles. The van der Waals surface area contributed by atoms with Gasteiger partial charge in [0.05, 0.1) is 26.8 Å². The van der Waals surface area contributed by atoms with Crippen LogP contribution >= 0.6 is 0 Å². The number of hydrogen-bond donors (Lipinski definition) is 0. The molecule has 0 aliphatic heterocycles. The minimum absolute atomic E-state index is 0.0156. The van der Waals surface area contributed by atoms with E-state index in [0.29, 0.717) is 27.3 Å². The van der Waals surface area contributed by atoms with Crippen molar-refractivity contribution >= 4 is 65.2 Å². The Kier molecular flexibility index (Phi) is 2.39. The first-order chi connectivity index (χ1) is 26.1. The van der Waals surface area contributed by atoms with Crippen LogP contribution in [0.5, 0.6) is 0 Å². The van der Waals surface area contributed by atoms with E-state index in [1.165, 1.54) is 6.26 Å². The van der Waals surface area contributed by atoms with Gasteiger partial charge in [-0.05, 0) is 78.8 Å². The standard InChI is InChI=1S/C38H22O2/c1-2-10-24-21-25(18-17-23(24)9-1)35-27-12-3-5-14-29(27)36(30-15-6-4-13-28(30)35)32-22-33-26-11-7-8-16-34(26)40-38(33)37-31(32)19-20-39-37/h1-22H/i1D,2D,3D,4D,5D,6D,9D,10D,12D,13D,14D,15D,17D,18D,21D. The topological polar surface area (TPSA) is 26.3 Å². The van der Waals surface area contributed by atoms with Gasteiger partial charge in [-0.2, -0.15) is 0 Å². The van der Waals surface area contributed by atoms with Crippen LogP contribution in [0.15, 0.2) is 142 Å². The molecule has 0 radical (unpaired) electrons. The molecule has 0 aliphatic rings. The SMILES string of the molecule is [2H]c1c([2H])c([2H])c2c([2H])c(-c3c4c([2H])c([2H])c([2H])c([2H])c4c(-c4cc5c6ccccc6oc5c5occc45)c4c([2H])c([2H])c([2H])c([2H])c34)c([2H])c([2H])c2c1[2H]. The molecule has 0 saturated heterocycles. The molecular formula is C38H22O2. The van der Waals surface area contributed by atoms with Gasteiger partial charge in [0.1, 0.15) is 5.58 Å².